The minimum Gasteiger partial charge on any atom is -0.479 e. The van der Waals surface area contributed by atoms with E-state index >= 15 is 0 Å². The van der Waals surface area contributed by atoms with Gasteiger partial charge in [0.05, 0.1) is 6.61 Å². The van der Waals surface area contributed by atoms with E-state index in [9.17, 15) is 0 Å². The number of nitrogens with one attached hydrogen (secondary N) is 1. The van der Waals surface area contributed by atoms with E-state index in [2.05, 4.69) is 18.3 Å². The third-order valence-corrected chi connectivity index (χ3v) is 2.53. The molecule has 82 valence electrons. The molecule has 1 heterocycles. The molecule has 14 heavy (non-hydrogen) atoms. The molecule has 0 atom stereocenters. The maximum atomic E-state index is 5.56. The van der Waals surface area contributed by atoms with Crippen molar-refractivity contribution in [2.45, 2.75) is 51.9 Å². The molecule has 0 aliphatic carbocycles. The lowest BCUT2D eigenvalue weighted by Crippen LogP contribution is -2.10. The summed E-state index contributed by atoms with van der Waals surface area (Å²) in [6, 6.07) is 0. The van der Waals surface area contributed by atoms with E-state index in [1.807, 2.05) is 0 Å². The Bertz CT molecular complexity index is 166. The predicted octanol–water partition coefficient (Wildman–Crippen LogP) is 3.20. The van der Waals surface area contributed by atoms with Crippen molar-refractivity contribution in [2.24, 2.45) is 0 Å². The van der Waals surface area contributed by atoms with Gasteiger partial charge in [0.25, 0.3) is 0 Å². The van der Waals surface area contributed by atoms with Gasteiger partial charge < -0.3 is 10.1 Å². The van der Waals surface area contributed by atoms with Crippen LogP contribution < -0.4 is 5.32 Å². The van der Waals surface area contributed by atoms with E-state index in [1.54, 1.807) is 0 Å². The highest BCUT2D eigenvalue weighted by Gasteiger charge is 2.02. The van der Waals surface area contributed by atoms with Crippen LogP contribution in [-0.4, -0.2) is 13.2 Å². The van der Waals surface area contributed by atoms with Crippen molar-refractivity contribution in [3.63, 3.8) is 0 Å². The second-order valence-corrected chi connectivity index (χ2v) is 3.90. The summed E-state index contributed by atoms with van der Waals surface area (Å²) in [5, 5.41) is 3.21. The molecule has 2 heteroatoms. The summed E-state index contributed by atoms with van der Waals surface area (Å²) in [5.41, 5.74) is 0. The molecule has 2 nitrogen and oxygen atoms in total. The topological polar surface area (TPSA) is 21.3 Å². The first-order chi connectivity index (χ1) is 6.93. The molecular weight excluding hydrogens is 174 g/mol. The summed E-state index contributed by atoms with van der Waals surface area (Å²) in [6.45, 7) is 4.18. The molecule has 1 rings (SSSR count). The van der Waals surface area contributed by atoms with Gasteiger partial charge in [0.15, 0.2) is 5.88 Å². The Hall–Kier alpha value is -0.660. The monoisotopic (exact) mass is 197 g/mol. The van der Waals surface area contributed by atoms with Gasteiger partial charge >= 0.3 is 0 Å². The number of rotatable bonds is 8. The van der Waals surface area contributed by atoms with E-state index in [0.717, 1.165) is 25.5 Å². The Morgan fingerprint density at radius 2 is 2.00 bits per heavy atom. The van der Waals surface area contributed by atoms with Crippen LogP contribution in [0.5, 0.6) is 0 Å². The van der Waals surface area contributed by atoms with Gasteiger partial charge in [-0.15, -0.1) is 0 Å². The summed E-state index contributed by atoms with van der Waals surface area (Å²) in [6.07, 6.45) is 11.2. The molecule has 1 aliphatic heterocycles. The lowest BCUT2D eigenvalue weighted by atomic mass is 10.1. The first-order valence-corrected chi connectivity index (χ1v) is 6.00. The van der Waals surface area contributed by atoms with Gasteiger partial charge in [0.2, 0.25) is 0 Å². The zero-order valence-corrected chi connectivity index (χ0v) is 9.35. The second kappa shape index (κ2) is 7.72. The molecule has 0 aromatic carbocycles. The minimum absolute atomic E-state index is 0.880. The van der Waals surface area contributed by atoms with Gasteiger partial charge in [-0.25, -0.2) is 0 Å². The molecule has 0 saturated carbocycles. The number of hydrogen-bond acceptors (Lipinski definition) is 2. The second-order valence-electron chi connectivity index (χ2n) is 3.90. The Morgan fingerprint density at radius 3 is 2.71 bits per heavy atom. The van der Waals surface area contributed by atoms with Gasteiger partial charge in [0.1, 0.15) is 0 Å². The molecule has 1 N–H and O–H groups in total. The van der Waals surface area contributed by atoms with Crippen LogP contribution in [-0.2, 0) is 4.74 Å². The molecule has 1 aliphatic rings. The maximum absolute atomic E-state index is 5.56. The Balaban J connectivity index is 1.80. The van der Waals surface area contributed by atoms with Crippen LogP contribution in [0.3, 0.4) is 0 Å². The summed E-state index contributed by atoms with van der Waals surface area (Å²) in [7, 11) is 0. The summed E-state index contributed by atoms with van der Waals surface area (Å²) >= 11 is 0. The van der Waals surface area contributed by atoms with Gasteiger partial charge in [0, 0.05) is 6.54 Å². The third-order valence-electron chi connectivity index (χ3n) is 2.53. The van der Waals surface area contributed by atoms with Gasteiger partial charge in [-0.1, -0.05) is 39.0 Å². The fourth-order valence-corrected chi connectivity index (χ4v) is 1.65. The maximum Gasteiger partial charge on any atom is 0.182 e. The molecule has 0 bridgehead atoms. The number of ether oxygens (including phenoxy) is 1. The average molecular weight is 197 g/mol. The molecule has 0 spiro atoms. The standard InChI is InChI=1S/C12H23NO/c1-2-3-4-5-6-7-11-14-12-9-8-10-13-12/h9,13H,2-8,10-11H2,1H3. The van der Waals surface area contributed by atoms with Crippen molar-refractivity contribution >= 4 is 0 Å². The average Bonchev–Trinajstić information content (AvgIpc) is 2.69. The smallest absolute Gasteiger partial charge is 0.182 e. The lowest BCUT2D eigenvalue weighted by molar-refractivity contribution is 0.190. The first-order valence-electron chi connectivity index (χ1n) is 6.00. The predicted molar refractivity (Wildman–Crippen MR) is 60.0 cm³/mol. The van der Waals surface area contributed by atoms with Crippen LogP contribution in [0.1, 0.15) is 51.9 Å². The molecule has 0 saturated heterocycles. The van der Waals surface area contributed by atoms with Gasteiger partial charge in [-0.3, -0.25) is 0 Å². The Morgan fingerprint density at radius 1 is 1.21 bits per heavy atom. The van der Waals surface area contributed by atoms with E-state index in [0.29, 0.717) is 0 Å². The zero-order valence-electron chi connectivity index (χ0n) is 9.35. The summed E-state index contributed by atoms with van der Waals surface area (Å²) in [5.74, 6) is 0.999. The van der Waals surface area contributed by atoms with Gasteiger partial charge in [-0.2, -0.15) is 0 Å². The van der Waals surface area contributed by atoms with Crippen LogP contribution in [0.4, 0.5) is 0 Å². The fourth-order valence-electron chi connectivity index (χ4n) is 1.65. The van der Waals surface area contributed by atoms with Crippen molar-refractivity contribution in [1.29, 1.82) is 0 Å². The molecule has 0 radical (unpaired) electrons. The Labute approximate surface area is 87.7 Å². The molecule has 0 aromatic heterocycles. The van der Waals surface area contributed by atoms with E-state index in [1.165, 1.54) is 38.5 Å². The third kappa shape index (κ3) is 5.15. The van der Waals surface area contributed by atoms with Crippen LogP contribution in [0, 0.1) is 0 Å². The normalized spacial score (nSPS) is 15.1. The largest absolute Gasteiger partial charge is 0.479 e. The van der Waals surface area contributed by atoms with Crippen molar-refractivity contribution in [3.05, 3.63) is 12.0 Å². The summed E-state index contributed by atoms with van der Waals surface area (Å²) < 4.78 is 5.56. The zero-order chi connectivity index (χ0) is 10.1. The van der Waals surface area contributed by atoms with Crippen molar-refractivity contribution in [1.82, 2.24) is 5.32 Å². The van der Waals surface area contributed by atoms with Crippen molar-refractivity contribution < 1.29 is 4.74 Å². The van der Waals surface area contributed by atoms with Crippen molar-refractivity contribution in [3.8, 4) is 0 Å². The lowest BCUT2D eigenvalue weighted by Gasteiger charge is -2.07. The molecule has 0 aromatic rings. The molecule has 0 amide bonds. The quantitative estimate of drug-likeness (QED) is 0.603. The Kier molecular flexibility index (Phi) is 6.29. The van der Waals surface area contributed by atoms with Crippen LogP contribution in [0.2, 0.25) is 0 Å². The minimum atomic E-state index is 0.880. The van der Waals surface area contributed by atoms with Crippen molar-refractivity contribution in [2.75, 3.05) is 13.2 Å². The highest BCUT2D eigenvalue weighted by molar-refractivity contribution is 4.97. The molecule has 0 fully saturated rings. The molecular formula is C12H23NO. The van der Waals surface area contributed by atoms with E-state index < -0.39 is 0 Å². The summed E-state index contributed by atoms with van der Waals surface area (Å²) in [4.78, 5) is 0. The SMILES string of the molecule is CCCCCCCCOC1=CCCN1. The first kappa shape index (κ1) is 11.4. The number of hydrogen-bond donors (Lipinski definition) is 1. The molecule has 0 unspecified atom stereocenters. The van der Waals surface area contributed by atoms with E-state index in [4.69, 9.17) is 4.74 Å². The van der Waals surface area contributed by atoms with Crippen LogP contribution in [0.15, 0.2) is 12.0 Å². The van der Waals surface area contributed by atoms with Gasteiger partial charge in [-0.05, 0) is 18.9 Å². The van der Waals surface area contributed by atoms with Crippen LogP contribution >= 0.6 is 0 Å². The highest BCUT2D eigenvalue weighted by atomic mass is 16.5. The van der Waals surface area contributed by atoms with Crippen LogP contribution in [0.25, 0.3) is 0 Å². The number of unbranched alkanes of at least 4 members (excludes halogenated alkanes) is 5. The fraction of sp³-hybridized carbons (Fsp3) is 0.833. The van der Waals surface area contributed by atoms with E-state index in [-0.39, 0.29) is 0 Å². The highest BCUT2D eigenvalue weighted by Crippen LogP contribution is 2.07.